The third-order valence-corrected chi connectivity index (χ3v) is 5.99. The van der Waals surface area contributed by atoms with Gasteiger partial charge >= 0.3 is 0 Å². The Balaban J connectivity index is 1.22. The topological polar surface area (TPSA) is 68.6 Å². The lowest BCUT2D eigenvalue weighted by Gasteiger charge is -2.34. The van der Waals surface area contributed by atoms with E-state index in [-0.39, 0.29) is 5.91 Å². The molecule has 1 N–H and O–H groups in total. The molecule has 0 radical (unpaired) electrons. The van der Waals surface area contributed by atoms with Gasteiger partial charge in [-0.3, -0.25) is 14.6 Å². The molecule has 34 heavy (non-hydrogen) atoms. The summed E-state index contributed by atoms with van der Waals surface area (Å²) in [6.45, 7) is 7.84. The number of nitrogens with one attached hydrogen (secondary N) is 1. The van der Waals surface area contributed by atoms with Crippen molar-refractivity contribution < 1.29 is 9.53 Å². The van der Waals surface area contributed by atoms with E-state index >= 15 is 0 Å². The zero-order valence-electron chi connectivity index (χ0n) is 19.5. The van der Waals surface area contributed by atoms with Crippen molar-refractivity contribution in [1.82, 2.24) is 9.80 Å². The summed E-state index contributed by atoms with van der Waals surface area (Å²) in [6, 6.07) is 27.5. The van der Waals surface area contributed by atoms with Gasteiger partial charge < -0.3 is 10.1 Å². The summed E-state index contributed by atoms with van der Waals surface area (Å²) >= 11 is 0. The van der Waals surface area contributed by atoms with Gasteiger partial charge in [0.05, 0.1) is 11.6 Å². The lowest BCUT2D eigenvalue weighted by atomic mass is 10.1. The van der Waals surface area contributed by atoms with Crippen LogP contribution in [0.3, 0.4) is 0 Å². The fourth-order valence-electron chi connectivity index (χ4n) is 4.04. The Morgan fingerprint density at radius 1 is 0.912 bits per heavy atom. The number of nitriles is 1. The third-order valence-electron chi connectivity index (χ3n) is 5.99. The average Bonchev–Trinajstić information content (AvgIpc) is 2.87. The summed E-state index contributed by atoms with van der Waals surface area (Å²) in [7, 11) is 0. The molecule has 0 saturated carbocycles. The molecular weight excluding hydrogens is 424 g/mol. The smallest absolute Gasteiger partial charge is 0.265 e. The molecule has 3 aromatic rings. The lowest BCUT2D eigenvalue weighted by Crippen LogP contribution is -2.45. The highest BCUT2D eigenvalue weighted by Crippen LogP contribution is 2.17. The van der Waals surface area contributed by atoms with Crippen LogP contribution in [0.5, 0.6) is 5.75 Å². The van der Waals surface area contributed by atoms with E-state index in [9.17, 15) is 4.79 Å². The minimum Gasteiger partial charge on any atom is -0.481 e. The molecule has 1 saturated heterocycles. The van der Waals surface area contributed by atoms with Crippen LogP contribution in [0.25, 0.3) is 0 Å². The Morgan fingerprint density at radius 2 is 1.53 bits per heavy atom. The maximum atomic E-state index is 12.5. The molecule has 174 valence electrons. The van der Waals surface area contributed by atoms with Crippen LogP contribution in [-0.4, -0.2) is 48.0 Å². The minimum atomic E-state index is -0.680. The summed E-state index contributed by atoms with van der Waals surface area (Å²) in [5.74, 6) is 0.269. The molecule has 1 aliphatic rings. The SMILES string of the molecule is CC(Oc1cccc(C#N)c1)C(=O)Nc1ccc(CN2CCN(Cc3ccccc3)CC2)cc1. The molecule has 6 heteroatoms. The number of carbonyl (C=O) groups is 1. The van der Waals surface area contributed by atoms with E-state index in [1.165, 1.54) is 11.1 Å². The van der Waals surface area contributed by atoms with Crippen LogP contribution in [0.4, 0.5) is 5.69 Å². The second-order valence-corrected chi connectivity index (χ2v) is 8.62. The molecule has 1 amide bonds. The molecule has 1 aliphatic heterocycles. The van der Waals surface area contributed by atoms with E-state index in [0.29, 0.717) is 11.3 Å². The molecular formula is C28H30N4O2. The van der Waals surface area contributed by atoms with Crippen molar-refractivity contribution in [1.29, 1.82) is 5.26 Å². The number of hydrogen-bond donors (Lipinski definition) is 1. The normalized spacial score (nSPS) is 15.3. The molecule has 4 rings (SSSR count). The maximum Gasteiger partial charge on any atom is 0.265 e. The van der Waals surface area contributed by atoms with Gasteiger partial charge in [0.15, 0.2) is 6.10 Å². The molecule has 3 aromatic carbocycles. The van der Waals surface area contributed by atoms with Crippen LogP contribution in [0.2, 0.25) is 0 Å². The van der Waals surface area contributed by atoms with E-state index in [2.05, 4.69) is 63.7 Å². The van der Waals surface area contributed by atoms with Gasteiger partial charge in [0.25, 0.3) is 5.91 Å². The van der Waals surface area contributed by atoms with Crippen molar-refractivity contribution in [2.45, 2.75) is 26.1 Å². The number of ether oxygens (including phenoxy) is 1. The molecule has 0 aromatic heterocycles. The average molecular weight is 455 g/mol. The minimum absolute atomic E-state index is 0.232. The zero-order valence-corrected chi connectivity index (χ0v) is 19.5. The highest BCUT2D eigenvalue weighted by atomic mass is 16.5. The third kappa shape index (κ3) is 6.67. The number of benzene rings is 3. The predicted octanol–water partition coefficient (Wildman–Crippen LogP) is 4.28. The highest BCUT2D eigenvalue weighted by Gasteiger charge is 2.18. The van der Waals surface area contributed by atoms with Crippen LogP contribution in [0.15, 0.2) is 78.9 Å². The summed E-state index contributed by atoms with van der Waals surface area (Å²) < 4.78 is 5.69. The van der Waals surface area contributed by atoms with Crippen molar-refractivity contribution in [3.8, 4) is 11.8 Å². The van der Waals surface area contributed by atoms with Crippen molar-refractivity contribution >= 4 is 11.6 Å². The Bertz CT molecular complexity index is 1120. The number of anilines is 1. The maximum absolute atomic E-state index is 12.5. The Kier molecular flexibility index (Phi) is 7.92. The monoisotopic (exact) mass is 454 g/mol. The van der Waals surface area contributed by atoms with Gasteiger partial charge in [0.2, 0.25) is 0 Å². The molecule has 6 nitrogen and oxygen atoms in total. The molecule has 1 atom stereocenters. The summed E-state index contributed by atoms with van der Waals surface area (Å²) in [5.41, 5.74) is 3.83. The number of rotatable bonds is 8. The van der Waals surface area contributed by atoms with Crippen molar-refractivity contribution in [3.63, 3.8) is 0 Å². The Labute approximate surface area is 201 Å². The van der Waals surface area contributed by atoms with Crippen LogP contribution in [0.1, 0.15) is 23.6 Å². The van der Waals surface area contributed by atoms with Gasteiger partial charge in [-0.05, 0) is 48.4 Å². The first-order chi connectivity index (χ1) is 16.6. The molecule has 1 heterocycles. The Morgan fingerprint density at radius 3 is 2.15 bits per heavy atom. The lowest BCUT2D eigenvalue weighted by molar-refractivity contribution is -0.122. The zero-order chi connectivity index (χ0) is 23.8. The molecule has 1 fully saturated rings. The van der Waals surface area contributed by atoms with Crippen LogP contribution in [0, 0.1) is 11.3 Å². The van der Waals surface area contributed by atoms with E-state index in [0.717, 1.165) is 45.0 Å². The fourth-order valence-corrected chi connectivity index (χ4v) is 4.04. The van der Waals surface area contributed by atoms with Gasteiger partial charge in [-0.1, -0.05) is 48.5 Å². The van der Waals surface area contributed by atoms with E-state index in [1.807, 2.05) is 12.1 Å². The van der Waals surface area contributed by atoms with Gasteiger partial charge in [0.1, 0.15) is 5.75 Å². The summed E-state index contributed by atoms with van der Waals surface area (Å²) in [5, 5.41) is 11.9. The molecule has 0 spiro atoms. The van der Waals surface area contributed by atoms with Gasteiger partial charge in [-0.15, -0.1) is 0 Å². The highest BCUT2D eigenvalue weighted by molar-refractivity contribution is 5.94. The molecule has 0 aliphatic carbocycles. The standard InChI is InChI=1S/C28H30N4O2/c1-22(34-27-9-5-8-25(18-27)19-29)28(33)30-26-12-10-24(11-13-26)21-32-16-14-31(15-17-32)20-23-6-3-2-4-7-23/h2-13,18,22H,14-17,20-21H2,1H3,(H,30,33). The molecule has 0 bridgehead atoms. The van der Waals surface area contributed by atoms with Crippen molar-refractivity contribution in [2.24, 2.45) is 0 Å². The predicted molar refractivity (Wildman–Crippen MR) is 133 cm³/mol. The van der Waals surface area contributed by atoms with Gasteiger partial charge in [-0.2, -0.15) is 5.26 Å². The number of nitrogens with zero attached hydrogens (tertiary/aromatic N) is 3. The van der Waals surface area contributed by atoms with E-state index in [4.69, 9.17) is 10.00 Å². The van der Waals surface area contributed by atoms with Gasteiger partial charge in [0, 0.05) is 45.0 Å². The Hall–Kier alpha value is -3.66. The van der Waals surface area contributed by atoms with E-state index < -0.39 is 6.10 Å². The van der Waals surface area contributed by atoms with Crippen molar-refractivity contribution in [2.75, 3.05) is 31.5 Å². The van der Waals surface area contributed by atoms with Gasteiger partial charge in [-0.25, -0.2) is 0 Å². The number of carbonyl (C=O) groups excluding carboxylic acids is 1. The number of piperazine rings is 1. The second-order valence-electron chi connectivity index (χ2n) is 8.62. The largest absolute Gasteiger partial charge is 0.481 e. The first-order valence-corrected chi connectivity index (χ1v) is 11.6. The molecule has 1 unspecified atom stereocenters. The van der Waals surface area contributed by atoms with Crippen LogP contribution < -0.4 is 10.1 Å². The summed E-state index contributed by atoms with van der Waals surface area (Å²) in [4.78, 5) is 17.5. The quantitative estimate of drug-likeness (QED) is 0.550. The second kappa shape index (κ2) is 11.5. The van der Waals surface area contributed by atoms with Crippen LogP contribution in [-0.2, 0) is 17.9 Å². The fraction of sp³-hybridized carbons (Fsp3) is 0.286. The van der Waals surface area contributed by atoms with E-state index in [1.54, 1.807) is 31.2 Å². The first-order valence-electron chi connectivity index (χ1n) is 11.6. The number of hydrogen-bond acceptors (Lipinski definition) is 5. The van der Waals surface area contributed by atoms with Crippen LogP contribution >= 0.6 is 0 Å². The number of amides is 1. The first kappa shape index (κ1) is 23.5. The van der Waals surface area contributed by atoms with Crippen molar-refractivity contribution in [3.05, 3.63) is 95.6 Å². The summed E-state index contributed by atoms with van der Waals surface area (Å²) in [6.07, 6.45) is -0.680.